The highest BCUT2D eigenvalue weighted by molar-refractivity contribution is 5.88. The zero-order valence-electron chi connectivity index (χ0n) is 18.9. The van der Waals surface area contributed by atoms with E-state index < -0.39 is 0 Å². The average molecular weight is 429 g/mol. The van der Waals surface area contributed by atoms with Gasteiger partial charge in [-0.25, -0.2) is 0 Å². The van der Waals surface area contributed by atoms with E-state index in [4.69, 9.17) is 9.47 Å². The van der Waals surface area contributed by atoms with Crippen molar-refractivity contribution in [3.8, 4) is 16.9 Å². The van der Waals surface area contributed by atoms with Gasteiger partial charge in [0.2, 0.25) is 0 Å². The number of carbonyl (C=O) groups excluding carboxylic acids is 1. The number of rotatable bonds is 7. The predicted octanol–water partition coefficient (Wildman–Crippen LogP) is 7.20. The van der Waals surface area contributed by atoms with Crippen molar-refractivity contribution in [2.45, 2.75) is 70.3 Å². The minimum Gasteiger partial charge on any atom is -0.490 e. The second kappa shape index (κ2) is 9.36. The Hall–Kier alpha value is -2.81. The highest BCUT2D eigenvalue weighted by Crippen LogP contribution is 2.44. The third-order valence-corrected chi connectivity index (χ3v) is 7.08. The van der Waals surface area contributed by atoms with Crippen LogP contribution in [0.4, 0.5) is 0 Å². The fraction of sp³-hybridized carbons (Fsp3) is 0.414. The van der Waals surface area contributed by atoms with Crippen LogP contribution in [0.3, 0.4) is 0 Å². The van der Waals surface area contributed by atoms with E-state index >= 15 is 0 Å². The van der Waals surface area contributed by atoms with Crippen molar-refractivity contribution < 1.29 is 14.3 Å². The molecule has 32 heavy (non-hydrogen) atoms. The summed E-state index contributed by atoms with van der Waals surface area (Å²) in [5.74, 6) is 1.35. The van der Waals surface area contributed by atoms with Gasteiger partial charge in [-0.15, -0.1) is 0 Å². The van der Waals surface area contributed by atoms with Gasteiger partial charge in [0.15, 0.2) is 0 Å². The summed E-state index contributed by atoms with van der Waals surface area (Å²) in [7, 11) is 0. The van der Waals surface area contributed by atoms with Crippen LogP contribution in [0.25, 0.3) is 21.9 Å². The van der Waals surface area contributed by atoms with E-state index in [9.17, 15) is 4.79 Å². The number of hydrogen-bond acceptors (Lipinski definition) is 3. The van der Waals surface area contributed by atoms with Gasteiger partial charge in [-0.1, -0.05) is 42.8 Å². The van der Waals surface area contributed by atoms with Crippen LogP contribution in [0.2, 0.25) is 0 Å². The first kappa shape index (κ1) is 21.1. The zero-order valence-corrected chi connectivity index (χ0v) is 18.9. The molecule has 0 radical (unpaired) electrons. The summed E-state index contributed by atoms with van der Waals surface area (Å²) in [6.45, 7) is 2.28. The van der Waals surface area contributed by atoms with Crippen LogP contribution in [0.15, 0.2) is 54.6 Å². The van der Waals surface area contributed by atoms with Crippen molar-refractivity contribution in [1.82, 2.24) is 0 Å². The van der Waals surface area contributed by atoms with Crippen LogP contribution in [0.1, 0.15) is 68.9 Å². The van der Waals surface area contributed by atoms with Gasteiger partial charge in [0.1, 0.15) is 5.75 Å². The molecule has 0 N–H and O–H groups in total. The lowest BCUT2D eigenvalue weighted by Gasteiger charge is -2.30. The first-order chi connectivity index (χ1) is 15.7. The van der Waals surface area contributed by atoms with Crippen LogP contribution in [-0.2, 0) is 16.0 Å². The van der Waals surface area contributed by atoms with E-state index in [2.05, 4.69) is 54.6 Å². The Kier molecular flexibility index (Phi) is 6.16. The number of carbonyl (C=O) groups is 1. The number of hydrogen-bond donors (Lipinski definition) is 0. The largest absolute Gasteiger partial charge is 0.490 e. The van der Waals surface area contributed by atoms with Crippen molar-refractivity contribution >= 4 is 16.7 Å². The summed E-state index contributed by atoms with van der Waals surface area (Å²) < 4.78 is 11.9. The summed E-state index contributed by atoms with van der Waals surface area (Å²) in [6, 6.07) is 19.5. The molecule has 3 aromatic carbocycles. The molecule has 0 heterocycles. The molecular weight excluding hydrogens is 396 g/mol. The van der Waals surface area contributed by atoms with Crippen LogP contribution in [-0.4, -0.2) is 18.7 Å². The summed E-state index contributed by atoms with van der Waals surface area (Å²) in [5, 5.41) is 2.44. The first-order valence-corrected chi connectivity index (χ1v) is 12.2. The molecule has 0 aliphatic heterocycles. The lowest BCUT2D eigenvalue weighted by Crippen LogP contribution is -2.17. The molecule has 2 fully saturated rings. The van der Waals surface area contributed by atoms with Crippen molar-refractivity contribution in [2.24, 2.45) is 0 Å². The Morgan fingerprint density at radius 1 is 0.906 bits per heavy atom. The molecule has 0 amide bonds. The fourth-order valence-corrected chi connectivity index (χ4v) is 5.13. The fourth-order valence-electron chi connectivity index (χ4n) is 5.13. The Bertz CT molecular complexity index is 1110. The SMILES string of the molecule is CCOC(=O)Cc1cc(-c2ccc3ccccc3c2)c(OC2CCCC2)cc1C1CCC1. The Labute approximate surface area is 190 Å². The summed E-state index contributed by atoms with van der Waals surface area (Å²) in [5.41, 5.74) is 4.60. The minimum atomic E-state index is -0.151. The second-order valence-corrected chi connectivity index (χ2v) is 9.24. The molecule has 3 heteroatoms. The molecule has 5 rings (SSSR count). The van der Waals surface area contributed by atoms with Gasteiger partial charge in [-0.2, -0.15) is 0 Å². The standard InChI is InChI=1S/C29H32O3/c1-2-31-29(30)18-24-17-27(23-15-14-20-8-3-4-9-22(20)16-23)28(32-25-12-5-6-13-25)19-26(24)21-10-7-11-21/h3-4,8-9,14-17,19,21,25H,2,5-7,10-13,18H2,1H3. The number of esters is 1. The van der Waals surface area contributed by atoms with Gasteiger partial charge in [0.05, 0.1) is 19.1 Å². The maximum absolute atomic E-state index is 12.4. The number of ether oxygens (including phenoxy) is 2. The molecule has 3 nitrogen and oxygen atoms in total. The summed E-state index contributed by atoms with van der Waals surface area (Å²) in [4.78, 5) is 12.4. The Morgan fingerprint density at radius 3 is 2.41 bits per heavy atom. The highest BCUT2D eigenvalue weighted by Gasteiger charge is 2.27. The van der Waals surface area contributed by atoms with E-state index in [0.29, 0.717) is 25.0 Å². The van der Waals surface area contributed by atoms with Crippen LogP contribution in [0.5, 0.6) is 5.75 Å². The maximum Gasteiger partial charge on any atom is 0.310 e. The van der Waals surface area contributed by atoms with Crippen molar-refractivity contribution in [2.75, 3.05) is 6.61 Å². The third-order valence-electron chi connectivity index (χ3n) is 7.08. The number of fused-ring (bicyclic) bond motifs is 1. The molecule has 166 valence electrons. The smallest absolute Gasteiger partial charge is 0.310 e. The lowest BCUT2D eigenvalue weighted by molar-refractivity contribution is -0.142. The van der Waals surface area contributed by atoms with E-state index in [1.54, 1.807) is 0 Å². The van der Waals surface area contributed by atoms with Crippen molar-refractivity contribution in [3.63, 3.8) is 0 Å². The third kappa shape index (κ3) is 4.39. The van der Waals surface area contributed by atoms with Crippen LogP contribution < -0.4 is 4.74 Å². The van der Waals surface area contributed by atoms with Gasteiger partial charge < -0.3 is 9.47 Å². The quantitative estimate of drug-likeness (QED) is 0.373. The molecule has 0 unspecified atom stereocenters. The zero-order chi connectivity index (χ0) is 21.9. The summed E-state index contributed by atoms with van der Waals surface area (Å²) >= 11 is 0. The Balaban J connectivity index is 1.61. The molecule has 2 aliphatic carbocycles. The molecule has 0 spiro atoms. The molecule has 2 saturated carbocycles. The summed E-state index contributed by atoms with van der Waals surface area (Å²) in [6.07, 6.45) is 8.99. The molecule has 3 aromatic rings. The first-order valence-electron chi connectivity index (χ1n) is 12.2. The van der Waals surface area contributed by atoms with Crippen molar-refractivity contribution in [1.29, 1.82) is 0 Å². The number of benzene rings is 3. The molecule has 2 aliphatic rings. The molecule has 0 aromatic heterocycles. The van der Waals surface area contributed by atoms with Crippen LogP contribution in [0, 0.1) is 0 Å². The van der Waals surface area contributed by atoms with Crippen molar-refractivity contribution in [3.05, 3.63) is 65.7 Å². The van der Waals surface area contributed by atoms with Gasteiger partial charge in [0.25, 0.3) is 0 Å². The topological polar surface area (TPSA) is 35.5 Å². The van der Waals surface area contributed by atoms with E-state index in [0.717, 1.165) is 35.3 Å². The van der Waals surface area contributed by atoms with Gasteiger partial charge in [-0.3, -0.25) is 4.79 Å². The second-order valence-electron chi connectivity index (χ2n) is 9.24. The van der Waals surface area contributed by atoms with E-state index in [1.165, 1.54) is 48.4 Å². The molecule has 0 saturated heterocycles. The van der Waals surface area contributed by atoms with Gasteiger partial charge >= 0.3 is 5.97 Å². The highest BCUT2D eigenvalue weighted by atomic mass is 16.5. The lowest BCUT2D eigenvalue weighted by atomic mass is 9.77. The Morgan fingerprint density at radius 2 is 1.69 bits per heavy atom. The minimum absolute atomic E-state index is 0.151. The van der Waals surface area contributed by atoms with E-state index in [1.807, 2.05) is 6.92 Å². The van der Waals surface area contributed by atoms with Crippen LogP contribution >= 0.6 is 0 Å². The molecule has 0 bridgehead atoms. The molecule has 0 atom stereocenters. The van der Waals surface area contributed by atoms with E-state index in [-0.39, 0.29) is 5.97 Å². The molecular formula is C29H32O3. The van der Waals surface area contributed by atoms with Gasteiger partial charge in [-0.05, 0) is 97.0 Å². The monoisotopic (exact) mass is 428 g/mol. The normalized spacial score (nSPS) is 16.8. The van der Waals surface area contributed by atoms with Gasteiger partial charge in [0, 0.05) is 5.56 Å². The predicted molar refractivity (Wildman–Crippen MR) is 129 cm³/mol. The average Bonchev–Trinajstić information content (AvgIpc) is 3.27. The maximum atomic E-state index is 12.4.